The third-order valence-corrected chi connectivity index (χ3v) is 3.17. The summed E-state index contributed by atoms with van der Waals surface area (Å²) >= 11 is 0. The van der Waals surface area contributed by atoms with Gasteiger partial charge >= 0.3 is 0 Å². The molecule has 0 heterocycles. The predicted molar refractivity (Wildman–Crippen MR) is 75.3 cm³/mol. The maximum atomic E-state index is 6.06. The molecule has 1 aromatic rings. The maximum Gasteiger partial charge on any atom is 0.125 e. The van der Waals surface area contributed by atoms with Crippen LogP contribution in [0.1, 0.15) is 25.5 Å². The quantitative estimate of drug-likeness (QED) is 0.843. The Morgan fingerprint density at radius 3 is 2.44 bits per heavy atom. The number of anilines is 1. The van der Waals surface area contributed by atoms with Gasteiger partial charge in [-0.15, -0.1) is 0 Å². The second-order valence-electron chi connectivity index (χ2n) is 4.60. The number of nitrogens with zero attached hydrogens (tertiary/aromatic N) is 1. The van der Waals surface area contributed by atoms with E-state index >= 15 is 0 Å². The number of methoxy groups -OCH3 is 2. The van der Waals surface area contributed by atoms with Crippen molar-refractivity contribution >= 4 is 5.69 Å². The average Bonchev–Trinajstić information content (AvgIpc) is 2.36. The Balaban J connectivity index is 3.14. The van der Waals surface area contributed by atoms with Crippen molar-refractivity contribution in [2.75, 3.05) is 32.8 Å². The molecule has 0 aliphatic rings. The summed E-state index contributed by atoms with van der Waals surface area (Å²) in [7, 11) is 5.43. The molecular weight excluding hydrogens is 228 g/mol. The van der Waals surface area contributed by atoms with Gasteiger partial charge in [0.15, 0.2) is 0 Å². The van der Waals surface area contributed by atoms with Crippen molar-refractivity contribution in [1.82, 2.24) is 0 Å². The number of likely N-dealkylation sites (N-methyl/N-ethyl adjacent to an activating group) is 1. The lowest BCUT2D eigenvalue weighted by molar-refractivity contribution is 0.183. The van der Waals surface area contributed by atoms with E-state index in [9.17, 15) is 0 Å². The van der Waals surface area contributed by atoms with Gasteiger partial charge in [-0.2, -0.15) is 0 Å². The topological polar surface area (TPSA) is 47.7 Å². The summed E-state index contributed by atoms with van der Waals surface area (Å²) < 4.78 is 10.6. The third-order valence-electron chi connectivity index (χ3n) is 3.17. The van der Waals surface area contributed by atoms with Crippen LogP contribution in [0.5, 0.6) is 5.75 Å². The third kappa shape index (κ3) is 3.15. The SMILES string of the molecule is COCC(C)N(C)c1cccc(OC)c1C(C)N. The zero-order valence-corrected chi connectivity index (χ0v) is 11.9. The van der Waals surface area contributed by atoms with Gasteiger partial charge in [-0.25, -0.2) is 0 Å². The first-order chi connectivity index (χ1) is 8.52. The van der Waals surface area contributed by atoms with Crippen LogP contribution < -0.4 is 15.4 Å². The smallest absolute Gasteiger partial charge is 0.125 e. The van der Waals surface area contributed by atoms with Crippen LogP contribution in [0, 0.1) is 0 Å². The fourth-order valence-electron chi connectivity index (χ4n) is 2.07. The van der Waals surface area contributed by atoms with E-state index in [0.29, 0.717) is 6.61 Å². The Morgan fingerprint density at radius 2 is 1.94 bits per heavy atom. The molecule has 2 N–H and O–H groups in total. The van der Waals surface area contributed by atoms with Crippen molar-refractivity contribution in [3.8, 4) is 5.75 Å². The van der Waals surface area contributed by atoms with Crippen LogP contribution in [0.4, 0.5) is 5.69 Å². The van der Waals surface area contributed by atoms with Gasteiger partial charge in [0, 0.05) is 37.5 Å². The van der Waals surface area contributed by atoms with Crippen molar-refractivity contribution in [3.63, 3.8) is 0 Å². The summed E-state index contributed by atoms with van der Waals surface area (Å²) in [5.41, 5.74) is 8.19. The van der Waals surface area contributed by atoms with Crippen molar-refractivity contribution in [1.29, 1.82) is 0 Å². The first kappa shape index (κ1) is 14.8. The van der Waals surface area contributed by atoms with Crippen molar-refractivity contribution in [3.05, 3.63) is 23.8 Å². The second kappa shape index (κ2) is 6.61. The van der Waals surface area contributed by atoms with Crippen molar-refractivity contribution in [2.24, 2.45) is 5.73 Å². The van der Waals surface area contributed by atoms with Crippen LogP contribution in [-0.2, 0) is 4.74 Å². The summed E-state index contributed by atoms with van der Waals surface area (Å²) in [6.45, 7) is 4.76. The Labute approximate surface area is 110 Å². The highest BCUT2D eigenvalue weighted by Gasteiger charge is 2.18. The minimum absolute atomic E-state index is 0.0756. The summed E-state index contributed by atoms with van der Waals surface area (Å²) in [5.74, 6) is 0.832. The Bertz CT molecular complexity index is 380. The van der Waals surface area contributed by atoms with Gasteiger partial charge in [-0.05, 0) is 26.0 Å². The van der Waals surface area contributed by atoms with Crippen LogP contribution in [0.2, 0.25) is 0 Å². The predicted octanol–water partition coefficient (Wildman–Crippen LogP) is 2.19. The number of hydrogen-bond donors (Lipinski definition) is 1. The van der Waals surface area contributed by atoms with Crippen LogP contribution in [0.25, 0.3) is 0 Å². The van der Waals surface area contributed by atoms with Gasteiger partial charge in [0.2, 0.25) is 0 Å². The monoisotopic (exact) mass is 252 g/mol. The zero-order valence-electron chi connectivity index (χ0n) is 11.9. The van der Waals surface area contributed by atoms with Gasteiger partial charge < -0.3 is 20.1 Å². The molecule has 0 aliphatic heterocycles. The van der Waals surface area contributed by atoms with E-state index in [-0.39, 0.29) is 12.1 Å². The highest BCUT2D eigenvalue weighted by molar-refractivity contribution is 5.60. The molecule has 18 heavy (non-hydrogen) atoms. The van der Waals surface area contributed by atoms with Crippen molar-refractivity contribution < 1.29 is 9.47 Å². The second-order valence-corrected chi connectivity index (χ2v) is 4.60. The van der Waals surface area contributed by atoms with Crippen LogP contribution in [0.3, 0.4) is 0 Å². The summed E-state index contributed by atoms with van der Waals surface area (Å²) in [6.07, 6.45) is 0. The van der Waals surface area contributed by atoms with E-state index in [4.69, 9.17) is 15.2 Å². The Morgan fingerprint density at radius 1 is 1.28 bits per heavy atom. The molecule has 0 fully saturated rings. The first-order valence-corrected chi connectivity index (χ1v) is 6.17. The molecule has 0 spiro atoms. The van der Waals surface area contributed by atoms with E-state index in [1.165, 1.54) is 0 Å². The van der Waals surface area contributed by atoms with Gasteiger partial charge in [0.05, 0.1) is 13.7 Å². The van der Waals surface area contributed by atoms with Crippen LogP contribution >= 0.6 is 0 Å². The normalized spacial score (nSPS) is 14.1. The molecule has 4 heteroatoms. The Hall–Kier alpha value is -1.26. The summed E-state index contributed by atoms with van der Waals surface area (Å²) in [5, 5.41) is 0. The lowest BCUT2D eigenvalue weighted by atomic mass is 10.0. The number of nitrogens with two attached hydrogens (primary N) is 1. The first-order valence-electron chi connectivity index (χ1n) is 6.17. The molecule has 2 unspecified atom stereocenters. The minimum atomic E-state index is -0.0756. The molecule has 1 aromatic carbocycles. The molecule has 0 amide bonds. The molecule has 0 saturated carbocycles. The maximum absolute atomic E-state index is 6.06. The van der Waals surface area contributed by atoms with E-state index in [0.717, 1.165) is 17.0 Å². The van der Waals surface area contributed by atoms with Crippen LogP contribution in [0.15, 0.2) is 18.2 Å². The molecule has 0 bridgehead atoms. The summed E-state index contributed by atoms with van der Waals surface area (Å²) in [4.78, 5) is 2.17. The lowest BCUT2D eigenvalue weighted by Gasteiger charge is -2.30. The van der Waals surface area contributed by atoms with Crippen molar-refractivity contribution in [2.45, 2.75) is 25.9 Å². The number of ether oxygens (including phenoxy) is 2. The van der Waals surface area contributed by atoms with E-state index < -0.39 is 0 Å². The molecule has 0 saturated heterocycles. The highest BCUT2D eigenvalue weighted by Crippen LogP contribution is 2.33. The number of hydrogen-bond acceptors (Lipinski definition) is 4. The van der Waals surface area contributed by atoms with Crippen LogP contribution in [-0.4, -0.2) is 33.9 Å². The average molecular weight is 252 g/mol. The molecule has 2 atom stereocenters. The van der Waals surface area contributed by atoms with E-state index in [1.54, 1.807) is 14.2 Å². The molecular formula is C14H24N2O2. The molecule has 0 aromatic heterocycles. The molecule has 102 valence electrons. The minimum Gasteiger partial charge on any atom is -0.496 e. The van der Waals surface area contributed by atoms with Gasteiger partial charge in [0.1, 0.15) is 5.75 Å². The van der Waals surface area contributed by atoms with Gasteiger partial charge in [-0.1, -0.05) is 6.07 Å². The summed E-state index contributed by atoms with van der Waals surface area (Å²) in [6, 6.07) is 6.19. The molecule has 1 rings (SSSR count). The fourth-order valence-corrected chi connectivity index (χ4v) is 2.07. The number of benzene rings is 1. The zero-order chi connectivity index (χ0) is 13.7. The van der Waals surface area contributed by atoms with E-state index in [2.05, 4.69) is 17.9 Å². The van der Waals surface area contributed by atoms with E-state index in [1.807, 2.05) is 26.1 Å². The fraction of sp³-hybridized carbons (Fsp3) is 0.571. The molecule has 0 radical (unpaired) electrons. The van der Waals surface area contributed by atoms with Gasteiger partial charge in [-0.3, -0.25) is 0 Å². The Kier molecular flexibility index (Phi) is 5.44. The molecule has 4 nitrogen and oxygen atoms in total. The largest absolute Gasteiger partial charge is 0.496 e. The number of rotatable bonds is 6. The van der Waals surface area contributed by atoms with Gasteiger partial charge in [0.25, 0.3) is 0 Å². The molecule has 0 aliphatic carbocycles. The standard InChI is InChI=1S/C14H24N2O2/c1-10(9-17-4)16(3)12-7-6-8-13(18-5)14(12)11(2)15/h6-8,10-11H,9,15H2,1-5H3. The lowest BCUT2D eigenvalue weighted by Crippen LogP contribution is -2.33. The highest BCUT2D eigenvalue weighted by atomic mass is 16.5.